The van der Waals surface area contributed by atoms with Crippen molar-refractivity contribution >= 4 is 5.78 Å². The van der Waals surface area contributed by atoms with E-state index in [0.717, 1.165) is 0 Å². The fourth-order valence-electron chi connectivity index (χ4n) is 0.621. The molecule has 0 rings (SSSR count). The molecule has 0 aromatic heterocycles. The minimum Gasteiger partial charge on any atom is -0.402 e. The quantitative estimate of drug-likeness (QED) is 0.572. The summed E-state index contributed by atoms with van der Waals surface area (Å²) in [7, 11) is 0. The van der Waals surface area contributed by atoms with E-state index in [9.17, 15) is 4.79 Å². The van der Waals surface area contributed by atoms with Crippen molar-refractivity contribution < 1.29 is 4.79 Å². The lowest BCUT2D eigenvalue weighted by Gasteiger charge is -1.98. The molecule has 0 bridgehead atoms. The van der Waals surface area contributed by atoms with Gasteiger partial charge in [-0.3, -0.25) is 4.79 Å². The molecule has 0 saturated heterocycles. The summed E-state index contributed by atoms with van der Waals surface area (Å²) < 4.78 is 0. The lowest BCUT2D eigenvalue weighted by atomic mass is 10.1. The zero-order chi connectivity index (χ0) is 8.15. The molecule has 0 aromatic rings. The van der Waals surface area contributed by atoms with Crippen molar-refractivity contribution in [3.8, 4) is 6.07 Å². The Hall–Kier alpha value is -1.30. The molecule has 0 aromatic carbocycles. The van der Waals surface area contributed by atoms with Crippen LogP contribution < -0.4 is 5.73 Å². The molecule has 10 heavy (non-hydrogen) atoms. The zero-order valence-corrected chi connectivity index (χ0v) is 6.14. The average molecular weight is 138 g/mol. The van der Waals surface area contributed by atoms with E-state index >= 15 is 0 Å². The summed E-state index contributed by atoms with van der Waals surface area (Å²) >= 11 is 0. The van der Waals surface area contributed by atoms with Gasteiger partial charge in [0.1, 0.15) is 0 Å². The van der Waals surface area contributed by atoms with Gasteiger partial charge in [0.25, 0.3) is 0 Å². The van der Waals surface area contributed by atoms with Crippen molar-refractivity contribution in [3.05, 3.63) is 11.3 Å². The van der Waals surface area contributed by atoms with Crippen LogP contribution >= 0.6 is 0 Å². The SMILES string of the molecule is CC(=O)C(CC#N)=C(C)N. The fourth-order valence-corrected chi connectivity index (χ4v) is 0.621. The molecule has 0 saturated carbocycles. The Morgan fingerprint density at radius 3 is 2.20 bits per heavy atom. The molecule has 0 heterocycles. The van der Waals surface area contributed by atoms with Crippen LogP contribution in [-0.2, 0) is 4.79 Å². The van der Waals surface area contributed by atoms with E-state index in [-0.39, 0.29) is 12.2 Å². The van der Waals surface area contributed by atoms with Gasteiger partial charge in [0, 0.05) is 11.3 Å². The summed E-state index contributed by atoms with van der Waals surface area (Å²) in [6.45, 7) is 3.02. The summed E-state index contributed by atoms with van der Waals surface area (Å²) in [5.74, 6) is -0.124. The fraction of sp³-hybridized carbons (Fsp3) is 0.429. The van der Waals surface area contributed by atoms with E-state index in [4.69, 9.17) is 11.0 Å². The van der Waals surface area contributed by atoms with Crippen LogP contribution in [-0.4, -0.2) is 5.78 Å². The zero-order valence-electron chi connectivity index (χ0n) is 6.14. The first-order valence-electron chi connectivity index (χ1n) is 2.92. The van der Waals surface area contributed by atoms with Crippen LogP contribution in [0, 0.1) is 11.3 Å². The Bertz CT molecular complexity index is 206. The third-order valence-corrected chi connectivity index (χ3v) is 1.16. The molecule has 3 heteroatoms. The van der Waals surface area contributed by atoms with Gasteiger partial charge in [-0.15, -0.1) is 0 Å². The second kappa shape index (κ2) is 3.67. The maximum Gasteiger partial charge on any atom is 0.158 e. The molecule has 0 spiro atoms. The minimum absolute atomic E-state index is 0.109. The maximum atomic E-state index is 10.7. The third kappa shape index (κ3) is 2.31. The van der Waals surface area contributed by atoms with E-state index in [1.807, 2.05) is 6.07 Å². The van der Waals surface area contributed by atoms with Crippen LogP contribution in [0.2, 0.25) is 0 Å². The van der Waals surface area contributed by atoms with Crippen molar-refractivity contribution in [2.24, 2.45) is 5.73 Å². The molecular weight excluding hydrogens is 128 g/mol. The summed E-state index contributed by atoms with van der Waals surface area (Å²) in [5, 5.41) is 8.24. The smallest absolute Gasteiger partial charge is 0.158 e. The van der Waals surface area contributed by atoms with Crippen molar-refractivity contribution in [2.75, 3.05) is 0 Å². The number of nitriles is 1. The van der Waals surface area contributed by atoms with Gasteiger partial charge >= 0.3 is 0 Å². The molecule has 0 fully saturated rings. The molecule has 0 atom stereocenters. The highest BCUT2D eigenvalue weighted by Crippen LogP contribution is 2.04. The lowest BCUT2D eigenvalue weighted by Crippen LogP contribution is -2.05. The van der Waals surface area contributed by atoms with Crippen LogP contribution in [0.5, 0.6) is 0 Å². The van der Waals surface area contributed by atoms with Crippen molar-refractivity contribution in [2.45, 2.75) is 20.3 Å². The Morgan fingerprint density at radius 2 is 2.10 bits per heavy atom. The van der Waals surface area contributed by atoms with Gasteiger partial charge in [-0.2, -0.15) is 5.26 Å². The van der Waals surface area contributed by atoms with E-state index < -0.39 is 0 Å². The third-order valence-electron chi connectivity index (χ3n) is 1.16. The van der Waals surface area contributed by atoms with Crippen LogP contribution in [0.25, 0.3) is 0 Å². The molecule has 2 N–H and O–H groups in total. The van der Waals surface area contributed by atoms with E-state index in [1.54, 1.807) is 6.92 Å². The van der Waals surface area contributed by atoms with Crippen molar-refractivity contribution in [1.29, 1.82) is 5.26 Å². The van der Waals surface area contributed by atoms with Gasteiger partial charge in [0.05, 0.1) is 12.5 Å². The Labute approximate surface area is 60.1 Å². The van der Waals surface area contributed by atoms with Crippen LogP contribution in [0.4, 0.5) is 0 Å². The number of hydrogen-bond donors (Lipinski definition) is 1. The molecule has 0 unspecified atom stereocenters. The van der Waals surface area contributed by atoms with Crippen LogP contribution in [0.15, 0.2) is 11.3 Å². The maximum absolute atomic E-state index is 10.7. The molecule has 3 nitrogen and oxygen atoms in total. The van der Waals surface area contributed by atoms with E-state index in [0.29, 0.717) is 11.3 Å². The van der Waals surface area contributed by atoms with Crippen LogP contribution in [0.1, 0.15) is 20.3 Å². The highest BCUT2D eigenvalue weighted by atomic mass is 16.1. The van der Waals surface area contributed by atoms with Gasteiger partial charge in [0.2, 0.25) is 0 Å². The van der Waals surface area contributed by atoms with Crippen LogP contribution in [0.3, 0.4) is 0 Å². The van der Waals surface area contributed by atoms with E-state index in [2.05, 4.69) is 0 Å². The van der Waals surface area contributed by atoms with Crippen molar-refractivity contribution in [3.63, 3.8) is 0 Å². The highest BCUT2D eigenvalue weighted by Gasteiger charge is 2.04. The minimum atomic E-state index is -0.124. The summed E-state index contributed by atoms with van der Waals surface area (Å²) in [6.07, 6.45) is 0.109. The number of carbonyl (C=O) groups is 1. The summed E-state index contributed by atoms with van der Waals surface area (Å²) in [4.78, 5) is 10.7. The Morgan fingerprint density at radius 1 is 1.60 bits per heavy atom. The van der Waals surface area contributed by atoms with Gasteiger partial charge in [0.15, 0.2) is 5.78 Å². The number of rotatable bonds is 2. The second-order valence-corrected chi connectivity index (χ2v) is 2.05. The lowest BCUT2D eigenvalue weighted by molar-refractivity contribution is -0.113. The predicted molar refractivity (Wildman–Crippen MR) is 37.8 cm³/mol. The molecule has 0 aliphatic heterocycles. The monoisotopic (exact) mass is 138 g/mol. The summed E-state index contributed by atoms with van der Waals surface area (Å²) in [5.41, 5.74) is 6.19. The summed E-state index contributed by atoms with van der Waals surface area (Å²) in [6, 6.07) is 1.87. The van der Waals surface area contributed by atoms with E-state index in [1.165, 1.54) is 6.92 Å². The van der Waals surface area contributed by atoms with Crippen molar-refractivity contribution in [1.82, 2.24) is 0 Å². The molecule has 0 amide bonds. The Kier molecular flexibility index (Phi) is 3.20. The predicted octanol–water partition coefficient (Wildman–Crippen LogP) is 0.722. The molecular formula is C7H10N2O. The first-order valence-corrected chi connectivity index (χ1v) is 2.92. The number of Topliss-reactive ketones (excluding diaryl/α,β-unsaturated/α-hetero) is 1. The second-order valence-electron chi connectivity index (χ2n) is 2.05. The topological polar surface area (TPSA) is 66.9 Å². The highest BCUT2D eigenvalue weighted by molar-refractivity contribution is 5.94. The molecule has 0 radical (unpaired) electrons. The largest absolute Gasteiger partial charge is 0.402 e. The number of ketones is 1. The van der Waals surface area contributed by atoms with Gasteiger partial charge in [-0.05, 0) is 13.8 Å². The van der Waals surface area contributed by atoms with Gasteiger partial charge in [-0.25, -0.2) is 0 Å². The standard InChI is InChI=1S/C7H10N2O/c1-5(9)7(3-4-8)6(2)10/h3,9H2,1-2H3. The molecule has 0 aliphatic carbocycles. The number of carbonyl (C=O) groups excluding carboxylic acids is 1. The van der Waals surface area contributed by atoms with Gasteiger partial charge < -0.3 is 5.73 Å². The number of nitrogens with two attached hydrogens (primary N) is 1. The number of allylic oxidation sites excluding steroid dienone is 2. The Balaban J connectivity index is 4.48. The normalized spacial score (nSPS) is 11.7. The first kappa shape index (κ1) is 8.70. The average Bonchev–Trinajstić information content (AvgIpc) is 1.81. The first-order chi connectivity index (χ1) is 4.59. The molecule has 54 valence electrons. The molecule has 0 aliphatic rings. The van der Waals surface area contributed by atoms with Gasteiger partial charge in [-0.1, -0.05) is 0 Å². The number of nitrogens with zero attached hydrogens (tertiary/aromatic N) is 1. The number of hydrogen-bond acceptors (Lipinski definition) is 3.